The molecule has 0 radical (unpaired) electrons. The van der Waals surface area contributed by atoms with Crippen LogP contribution >= 0.6 is 34.2 Å². The van der Waals surface area contributed by atoms with E-state index in [-0.39, 0.29) is 21.2 Å². The molecule has 1 aromatic heterocycles. The van der Waals surface area contributed by atoms with Crippen molar-refractivity contribution in [2.45, 2.75) is 55.8 Å². The summed E-state index contributed by atoms with van der Waals surface area (Å²) < 4.78 is 21.2. The smallest absolute Gasteiger partial charge is 0.227 e. The van der Waals surface area contributed by atoms with Crippen molar-refractivity contribution in [3.05, 3.63) is 58.3 Å². The van der Waals surface area contributed by atoms with Crippen LogP contribution < -0.4 is 15.4 Å². The van der Waals surface area contributed by atoms with Gasteiger partial charge in [-0.3, -0.25) is 9.79 Å². The van der Waals surface area contributed by atoms with Crippen molar-refractivity contribution in [1.82, 2.24) is 14.9 Å². The molecule has 2 aromatic rings. The number of nitrogens with two attached hydrogens (primary N) is 1. The van der Waals surface area contributed by atoms with Crippen molar-refractivity contribution in [3.8, 4) is 5.75 Å². The molecule has 0 unspecified atom stereocenters. The van der Waals surface area contributed by atoms with Gasteiger partial charge < -0.3 is 20.3 Å². The molecule has 1 amide bonds. The van der Waals surface area contributed by atoms with E-state index in [0.717, 1.165) is 61.7 Å². The lowest BCUT2D eigenvalue weighted by Crippen LogP contribution is -2.40. The lowest BCUT2D eigenvalue weighted by Gasteiger charge is -2.36. The topological polar surface area (TPSA) is 96.9 Å². The summed E-state index contributed by atoms with van der Waals surface area (Å²) in [4.78, 5) is 29.9. The summed E-state index contributed by atoms with van der Waals surface area (Å²) in [6.45, 7) is 7.63. The molecule has 2 aliphatic heterocycles. The Morgan fingerprint density at radius 1 is 1.26 bits per heavy atom. The SMILES string of the molecule is C/N=C(/C)C1=C(N)CCN(C(=O)Cc2ccc(OCC[C@]3(I)C[C@]3(C)C3CCN(c4ncc(Cl)cn4)CC3)cc2F)C1. The molecule has 3 aliphatic rings. The third kappa shape index (κ3) is 6.54. The van der Waals surface area contributed by atoms with Gasteiger partial charge >= 0.3 is 0 Å². The van der Waals surface area contributed by atoms with E-state index in [9.17, 15) is 9.18 Å². The highest BCUT2D eigenvalue weighted by molar-refractivity contribution is 14.1. The highest BCUT2D eigenvalue weighted by Gasteiger charge is 2.65. The first kappa shape index (κ1) is 31.0. The number of piperidine rings is 1. The Labute approximate surface area is 266 Å². The van der Waals surface area contributed by atoms with Crippen LogP contribution in [0.4, 0.5) is 10.3 Å². The van der Waals surface area contributed by atoms with Gasteiger partial charge in [0.15, 0.2) is 0 Å². The lowest BCUT2D eigenvalue weighted by molar-refractivity contribution is -0.130. The highest BCUT2D eigenvalue weighted by Crippen LogP contribution is 2.69. The Balaban J connectivity index is 1.09. The van der Waals surface area contributed by atoms with Crippen LogP contribution in [0.5, 0.6) is 5.75 Å². The van der Waals surface area contributed by atoms with Gasteiger partial charge in [-0.1, -0.05) is 47.2 Å². The average Bonchev–Trinajstić information content (AvgIpc) is 3.55. The molecular formula is C31H39ClFIN6O2. The number of rotatable bonds is 9. The summed E-state index contributed by atoms with van der Waals surface area (Å²) in [7, 11) is 1.71. The molecule has 2 atom stereocenters. The van der Waals surface area contributed by atoms with Gasteiger partial charge in [0.25, 0.3) is 0 Å². The summed E-state index contributed by atoms with van der Waals surface area (Å²) in [5.74, 6) is 1.33. The Kier molecular flexibility index (Phi) is 9.32. The van der Waals surface area contributed by atoms with Gasteiger partial charge in [0, 0.05) is 66.1 Å². The van der Waals surface area contributed by atoms with Gasteiger partial charge in [-0.15, -0.1) is 0 Å². The molecule has 1 saturated heterocycles. The fourth-order valence-electron chi connectivity index (χ4n) is 6.45. The minimum atomic E-state index is -0.420. The summed E-state index contributed by atoms with van der Waals surface area (Å²) in [6, 6.07) is 4.83. The number of aromatic nitrogens is 2. The van der Waals surface area contributed by atoms with E-state index in [1.807, 2.05) is 6.92 Å². The number of aliphatic imine (C=N–C) groups is 1. The zero-order chi connectivity index (χ0) is 30.1. The number of alkyl halides is 1. The van der Waals surface area contributed by atoms with Crippen LogP contribution in [-0.4, -0.2) is 69.7 Å². The number of hydrogen-bond donors (Lipinski definition) is 1. The summed E-state index contributed by atoms with van der Waals surface area (Å²) in [5.41, 5.74) is 9.25. The van der Waals surface area contributed by atoms with Crippen molar-refractivity contribution < 1.29 is 13.9 Å². The van der Waals surface area contributed by atoms with E-state index >= 15 is 0 Å². The molecular weight excluding hydrogens is 670 g/mol. The maximum absolute atomic E-state index is 15.0. The van der Waals surface area contributed by atoms with E-state index < -0.39 is 5.82 Å². The third-order valence-electron chi connectivity index (χ3n) is 9.48. The Hall–Kier alpha value is -2.47. The maximum atomic E-state index is 15.0. The second kappa shape index (κ2) is 12.6. The number of carbonyl (C=O) groups is 1. The van der Waals surface area contributed by atoms with Crippen LogP contribution in [-0.2, 0) is 11.2 Å². The number of ether oxygens (including phenoxy) is 1. The standard InChI is InChI=1S/C31H39ClFIN6O2/c1-20(36-3)25-18-40(12-8-27(25)35)28(41)14-21-4-5-24(15-26(21)33)42-13-9-31(34)19-30(31,2)22-6-10-39(11-7-22)29-37-16-23(32)17-38-29/h4-5,15-17,22H,6-14,18-19,35H2,1-3H3/b36-20-/t30-,31+/m1/s1. The monoisotopic (exact) mass is 708 g/mol. The van der Waals surface area contributed by atoms with Gasteiger partial charge in [-0.2, -0.15) is 0 Å². The molecule has 1 saturated carbocycles. The first-order valence-corrected chi connectivity index (χ1v) is 16.0. The van der Waals surface area contributed by atoms with Crippen LogP contribution in [0.1, 0.15) is 51.5 Å². The van der Waals surface area contributed by atoms with Gasteiger partial charge in [-0.05, 0) is 55.6 Å². The molecule has 11 heteroatoms. The van der Waals surface area contributed by atoms with Crippen molar-refractivity contribution in [3.63, 3.8) is 0 Å². The van der Waals surface area contributed by atoms with Crippen LogP contribution in [0.25, 0.3) is 0 Å². The van der Waals surface area contributed by atoms with E-state index in [2.05, 4.69) is 49.4 Å². The molecule has 3 heterocycles. The van der Waals surface area contributed by atoms with Gasteiger partial charge in [0.2, 0.25) is 11.9 Å². The van der Waals surface area contributed by atoms with Crippen molar-refractivity contribution in [1.29, 1.82) is 0 Å². The number of anilines is 1. The number of hydrogen-bond acceptors (Lipinski definition) is 7. The summed E-state index contributed by atoms with van der Waals surface area (Å²) in [5, 5.41) is 0.550. The zero-order valence-electron chi connectivity index (χ0n) is 24.5. The average molecular weight is 709 g/mol. The minimum absolute atomic E-state index is 0.000208. The van der Waals surface area contributed by atoms with Gasteiger partial charge in [-0.25, -0.2) is 14.4 Å². The van der Waals surface area contributed by atoms with Crippen molar-refractivity contribution >= 4 is 51.8 Å². The van der Waals surface area contributed by atoms with Crippen LogP contribution in [0.3, 0.4) is 0 Å². The second-order valence-corrected chi connectivity index (χ2v) is 14.4. The molecule has 1 aromatic carbocycles. The normalized spacial score (nSPS) is 25.1. The predicted octanol–water partition coefficient (Wildman–Crippen LogP) is 5.62. The molecule has 226 valence electrons. The predicted molar refractivity (Wildman–Crippen MR) is 173 cm³/mol. The quantitative estimate of drug-likeness (QED) is 0.207. The molecule has 42 heavy (non-hydrogen) atoms. The van der Waals surface area contributed by atoms with Crippen LogP contribution in [0, 0.1) is 17.2 Å². The van der Waals surface area contributed by atoms with Gasteiger partial charge in [0.05, 0.1) is 30.4 Å². The number of carbonyl (C=O) groups excluding carboxylic acids is 1. The summed E-state index contributed by atoms with van der Waals surface area (Å²) >= 11 is 8.56. The van der Waals surface area contributed by atoms with Crippen molar-refractivity contribution in [2.75, 3.05) is 44.7 Å². The number of nitrogens with zero attached hydrogens (tertiary/aromatic N) is 5. The molecule has 0 bridgehead atoms. The first-order chi connectivity index (χ1) is 20.0. The largest absolute Gasteiger partial charge is 0.493 e. The molecule has 2 N–H and O–H groups in total. The minimum Gasteiger partial charge on any atom is -0.493 e. The lowest BCUT2D eigenvalue weighted by atomic mass is 9.81. The number of amides is 1. The van der Waals surface area contributed by atoms with E-state index in [1.54, 1.807) is 36.5 Å². The third-order valence-corrected chi connectivity index (χ3v) is 11.8. The van der Waals surface area contributed by atoms with Crippen molar-refractivity contribution in [2.24, 2.45) is 22.1 Å². The van der Waals surface area contributed by atoms with E-state index in [4.69, 9.17) is 22.1 Å². The zero-order valence-corrected chi connectivity index (χ0v) is 27.4. The van der Waals surface area contributed by atoms with Gasteiger partial charge in [0.1, 0.15) is 11.6 Å². The maximum Gasteiger partial charge on any atom is 0.227 e. The van der Waals surface area contributed by atoms with Crippen LogP contribution in [0.2, 0.25) is 5.02 Å². The van der Waals surface area contributed by atoms with Crippen LogP contribution in [0.15, 0.2) is 46.9 Å². The Morgan fingerprint density at radius 3 is 2.64 bits per heavy atom. The number of halogens is 3. The molecule has 5 rings (SSSR count). The molecule has 8 nitrogen and oxygen atoms in total. The fraction of sp³-hybridized carbons (Fsp3) is 0.548. The Bertz CT molecular complexity index is 1380. The van der Waals surface area contributed by atoms with E-state index in [1.165, 1.54) is 6.07 Å². The number of benzene rings is 1. The van der Waals surface area contributed by atoms with E-state index in [0.29, 0.717) is 48.4 Å². The second-order valence-electron chi connectivity index (χ2n) is 11.9. The molecule has 0 spiro atoms. The highest BCUT2D eigenvalue weighted by atomic mass is 127. The molecule has 1 aliphatic carbocycles. The summed E-state index contributed by atoms with van der Waals surface area (Å²) in [6.07, 6.45) is 8.16. The molecule has 2 fully saturated rings. The first-order valence-electron chi connectivity index (χ1n) is 14.5. The fourth-order valence-corrected chi connectivity index (χ4v) is 8.00. The Morgan fingerprint density at radius 2 is 1.98 bits per heavy atom.